The molecule has 0 N–H and O–H groups in total. The van der Waals surface area contributed by atoms with Crippen LogP contribution in [-0.2, 0) is 26.1 Å². The van der Waals surface area contributed by atoms with Crippen LogP contribution in [0.3, 0.4) is 0 Å². The fourth-order valence-electron chi connectivity index (χ4n) is 3.68. The van der Waals surface area contributed by atoms with Crippen LogP contribution in [0.25, 0.3) is 0 Å². The molecule has 1 aromatic heterocycles. The van der Waals surface area contributed by atoms with Crippen molar-refractivity contribution in [3.8, 4) is 0 Å². The molecule has 0 unspecified atom stereocenters. The fourth-order valence-corrected chi connectivity index (χ4v) is 5.96. The van der Waals surface area contributed by atoms with Gasteiger partial charge in [0.2, 0.25) is 15.9 Å². The summed E-state index contributed by atoms with van der Waals surface area (Å²) in [6, 6.07) is 9.25. The van der Waals surface area contributed by atoms with E-state index in [1.54, 1.807) is 30.6 Å². The molecule has 8 heteroatoms. The second kappa shape index (κ2) is 10.0. The number of thiophene rings is 1. The van der Waals surface area contributed by atoms with Gasteiger partial charge in [-0.3, -0.25) is 4.79 Å². The van der Waals surface area contributed by atoms with Crippen molar-refractivity contribution >= 4 is 27.3 Å². The van der Waals surface area contributed by atoms with Gasteiger partial charge in [-0.2, -0.15) is 4.31 Å². The lowest BCUT2D eigenvalue weighted by atomic mass is 9.96. The molecule has 2 heterocycles. The number of sulfonamides is 1. The number of methoxy groups -OCH3 is 1. The molecule has 30 heavy (non-hydrogen) atoms. The molecule has 2 aromatic rings. The second-order valence-electron chi connectivity index (χ2n) is 7.76. The van der Waals surface area contributed by atoms with Gasteiger partial charge in [-0.05, 0) is 61.4 Å². The quantitative estimate of drug-likeness (QED) is 0.618. The normalized spacial score (nSPS) is 16.0. The summed E-state index contributed by atoms with van der Waals surface area (Å²) in [5.74, 6) is -0.0725. The summed E-state index contributed by atoms with van der Waals surface area (Å²) in [5.41, 5.74) is 2.03. The summed E-state index contributed by atoms with van der Waals surface area (Å²) in [7, 11) is -1.91. The molecule has 6 nitrogen and oxygen atoms in total. The Labute approximate surface area is 183 Å². The number of ether oxygens (including phenoxy) is 1. The molecule has 1 aliphatic heterocycles. The first kappa shape index (κ1) is 22.9. The van der Waals surface area contributed by atoms with E-state index in [1.165, 1.54) is 4.31 Å². The van der Waals surface area contributed by atoms with Gasteiger partial charge in [0.15, 0.2) is 0 Å². The largest absolute Gasteiger partial charge is 0.383 e. The lowest BCUT2D eigenvalue weighted by Gasteiger charge is -2.33. The first-order chi connectivity index (χ1) is 14.3. The van der Waals surface area contributed by atoms with E-state index in [-0.39, 0.29) is 11.8 Å². The van der Waals surface area contributed by atoms with Gasteiger partial charge in [0, 0.05) is 37.5 Å². The molecule has 1 aromatic carbocycles. The molecular formula is C22H30N2O4S2. The molecule has 0 radical (unpaired) electrons. The van der Waals surface area contributed by atoms with Crippen LogP contribution in [0.15, 0.2) is 40.6 Å². The summed E-state index contributed by atoms with van der Waals surface area (Å²) in [5, 5.41) is 2.00. The van der Waals surface area contributed by atoms with Crippen molar-refractivity contribution in [1.82, 2.24) is 9.21 Å². The topological polar surface area (TPSA) is 66.9 Å². The molecule has 3 rings (SSSR count). The third-order valence-corrected chi connectivity index (χ3v) is 8.48. The molecule has 0 atom stereocenters. The molecule has 0 spiro atoms. The minimum atomic E-state index is -3.54. The van der Waals surface area contributed by atoms with Gasteiger partial charge in [-0.25, -0.2) is 8.42 Å². The smallest absolute Gasteiger partial charge is 0.243 e. The first-order valence-electron chi connectivity index (χ1n) is 10.2. The van der Waals surface area contributed by atoms with Crippen LogP contribution in [0.5, 0.6) is 0 Å². The first-order valence-corrected chi connectivity index (χ1v) is 12.5. The Morgan fingerprint density at radius 3 is 2.53 bits per heavy atom. The van der Waals surface area contributed by atoms with Crippen LogP contribution in [0.2, 0.25) is 0 Å². The summed E-state index contributed by atoms with van der Waals surface area (Å²) in [6.45, 7) is 6.20. The maximum Gasteiger partial charge on any atom is 0.243 e. The van der Waals surface area contributed by atoms with E-state index >= 15 is 0 Å². The molecule has 0 aliphatic carbocycles. The van der Waals surface area contributed by atoms with Crippen LogP contribution in [0.4, 0.5) is 0 Å². The number of carbonyl (C=O) groups is 1. The predicted octanol–water partition coefficient (Wildman–Crippen LogP) is 3.44. The predicted molar refractivity (Wildman–Crippen MR) is 119 cm³/mol. The number of amides is 1. The van der Waals surface area contributed by atoms with E-state index in [0.717, 1.165) is 16.0 Å². The summed E-state index contributed by atoms with van der Waals surface area (Å²) < 4.78 is 32.8. The van der Waals surface area contributed by atoms with Crippen molar-refractivity contribution in [3.05, 3.63) is 51.7 Å². The van der Waals surface area contributed by atoms with Crippen LogP contribution >= 0.6 is 11.3 Å². The zero-order valence-corrected chi connectivity index (χ0v) is 19.5. The van der Waals surface area contributed by atoms with Crippen LogP contribution in [0, 0.1) is 19.8 Å². The zero-order valence-electron chi connectivity index (χ0n) is 17.8. The number of carbonyl (C=O) groups excluding carboxylic acids is 1. The molecule has 1 saturated heterocycles. The molecule has 1 amide bonds. The number of aryl methyl sites for hydroxylation is 2. The van der Waals surface area contributed by atoms with Gasteiger partial charge in [0.25, 0.3) is 0 Å². The monoisotopic (exact) mass is 450 g/mol. The van der Waals surface area contributed by atoms with Crippen molar-refractivity contribution in [3.63, 3.8) is 0 Å². The Hall–Kier alpha value is -1.74. The lowest BCUT2D eigenvalue weighted by molar-refractivity contribution is -0.138. The standard InChI is InChI=1S/C22H30N2O4S2/c1-17-6-7-21(15-18(17)2)30(26,27)24-10-8-19(9-11-24)22(25)23(12-13-28-3)16-20-5-4-14-29-20/h4-7,14-15,19H,8-13,16H2,1-3H3. The highest BCUT2D eigenvalue weighted by atomic mass is 32.2. The van der Waals surface area contributed by atoms with Crippen molar-refractivity contribution in [1.29, 1.82) is 0 Å². The zero-order chi connectivity index (χ0) is 21.7. The Balaban J connectivity index is 1.65. The van der Waals surface area contributed by atoms with E-state index in [2.05, 4.69) is 0 Å². The molecule has 0 bridgehead atoms. The van der Waals surface area contributed by atoms with E-state index in [1.807, 2.05) is 42.3 Å². The van der Waals surface area contributed by atoms with Crippen molar-refractivity contribution < 1.29 is 17.9 Å². The number of hydrogen-bond donors (Lipinski definition) is 0. The SMILES string of the molecule is COCCN(Cc1cccs1)C(=O)C1CCN(S(=O)(=O)c2ccc(C)c(C)c2)CC1. The lowest BCUT2D eigenvalue weighted by Crippen LogP contribution is -2.44. The number of rotatable bonds is 8. The molecule has 1 fully saturated rings. The summed E-state index contributed by atoms with van der Waals surface area (Å²) >= 11 is 1.63. The maximum atomic E-state index is 13.1. The second-order valence-corrected chi connectivity index (χ2v) is 10.7. The highest BCUT2D eigenvalue weighted by Gasteiger charge is 2.34. The number of nitrogens with zero attached hydrogens (tertiary/aromatic N) is 2. The maximum absolute atomic E-state index is 13.1. The molecule has 1 aliphatic rings. The van der Waals surface area contributed by atoms with Crippen molar-refractivity contribution in [2.75, 3.05) is 33.4 Å². The Kier molecular flexibility index (Phi) is 7.68. The third-order valence-electron chi connectivity index (χ3n) is 5.72. The van der Waals surface area contributed by atoms with E-state index in [9.17, 15) is 13.2 Å². The number of piperidine rings is 1. The van der Waals surface area contributed by atoms with Crippen LogP contribution in [0.1, 0.15) is 28.8 Å². The van der Waals surface area contributed by atoms with Gasteiger partial charge in [0.05, 0.1) is 18.0 Å². The Morgan fingerprint density at radius 2 is 1.93 bits per heavy atom. The highest BCUT2D eigenvalue weighted by molar-refractivity contribution is 7.89. The minimum absolute atomic E-state index is 0.0867. The van der Waals surface area contributed by atoms with Gasteiger partial charge < -0.3 is 9.64 Å². The average Bonchev–Trinajstić information content (AvgIpc) is 3.25. The molecule has 164 valence electrons. The third kappa shape index (κ3) is 5.29. The van der Waals surface area contributed by atoms with Crippen LogP contribution < -0.4 is 0 Å². The van der Waals surface area contributed by atoms with Gasteiger partial charge in [-0.15, -0.1) is 11.3 Å². The molecule has 0 saturated carbocycles. The van der Waals surface area contributed by atoms with Crippen LogP contribution in [-0.4, -0.2) is 56.9 Å². The Morgan fingerprint density at radius 1 is 1.20 bits per heavy atom. The van der Waals surface area contributed by atoms with Crippen molar-refractivity contribution in [2.45, 2.75) is 38.1 Å². The average molecular weight is 451 g/mol. The Bertz CT molecular complexity index is 950. The highest BCUT2D eigenvalue weighted by Crippen LogP contribution is 2.27. The number of hydrogen-bond acceptors (Lipinski definition) is 5. The van der Waals surface area contributed by atoms with Gasteiger partial charge >= 0.3 is 0 Å². The van der Waals surface area contributed by atoms with E-state index < -0.39 is 10.0 Å². The summed E-state index contributed by atoms with van der Waals surface area (Å²) in [4.78, 5) is 16.4. The van der Waals surface area contributed by atoms with E-state index in [4.69, 9.17) is 4.74 Å². The van der Waals surface area contributed by atoms with Gasteiger partial charge in [0.1, 0.15) is 0 Å². The van der Waals surface area contributed by atoms with Crippen molar-refractivity contribution in [2.24, 2.45) is 5.92 Å². The van der Waals surface area contributed by atoms with E-state index in [0.29, 0.717) is 50.5 Å². The number of benzene rings is 1. The fraction of sp³-hybridized carbons (Fsp3) is 0.500. The minimum Gasteiger partial charge on any atom is -0.383 e. The van der Waals surface area contributed by atoms with Gasteiger partial charge in [-0.1, -0.05) is 12.1 Å². The molecular weight excluding hydrogens is 420 g/mol. The summed E-state index contributed by atoms with van der Waals surface area (Å²) in [6.07, 6.45) is 1.08.